The highest BCUT2D eigenvalue weighted by molar-refractivity contribution is 5.75. The fraction of sp³-hybridized carbons (Fsp3) is 0.381. The van der Waals surface area contributed by atoms with Gasteiger partial charge in [-0.05, 0) is 61.4 Å². The normalized spacial score (nSPS) is 20.5. The molecule has 2 amide bonds. The fourth-order valence-corrected chi connectivity index (χ4v) is 3.50. The Morgan fingerprint density at radius 3 is 2.19 bits per heavy atom. The average molecular weight is 367 g/mol. The highest BCUT2D eigenvalue weighted by Crippen LogP contribution is 2.25. The summed E-state index contributed by atoms with van der Waals surface area (Å²) in [7, 11) is 0. The summed E-state index contributed by atoms with van der Waals surface area (Å²) < 4.78 is 0. The van der Waals surface area contributed by atoms with Crippen LogP contribution < -0.4 is 10.6 Å². The zero-order valence-electron chi connectivity index (χ0n) is 15.4. The van der Waals surface area contributed by atoms with Crippen LogP contribution in [-0.2, 0) is 4.79 Å². The van der Waals surface area contributed by atoms with Crippen LogP contribution in [0.1, 0.15) is 44.2 Å². The number of rotatable bonds is 5. The molecule has 2 aromatic rings. The van der Waals surface area contributed by atoms with Crippen LogP contribution in [0.5, 0.6) is 0 Å². The van der Waals surface area contributed by atoms with Gasteiger partial charge in [0.15, 0.2) is 0 Å². The highest BCUT2D eigenvalue weighted by Gasteiger charge is 2.26. The summed E-state index contributed by atoms with van der Waals surface area (Å²) in [5.74, 6) is -1.01. The van der Waals surface area contributed by atoms with E-state index in [1.54, 1.807) is 12.4 Å². The van der Waals surface area contributed by atoms with Crippen molar-refractivity contribution in [3.63, 3.8) is 0 Å². The first kappa shape index (κ1) is 18.9. The molecule has 1 saturated carbocycles. The molecule has 0 saturated heterocycles. The Hall–Kier alpha value is -2.89. The molecule has 0 spiro atoms. The first-order valence-electron chi connectivity index (χ1n) is 9.33. The number of carbonyl (C=O) groups is 2. The van der Waals surface area contributed by atoms with Crippen molar-refractivity contribution in [2.75, 3.05) is 0 Å². The second kappa shape index (κ2) is 8.66. The molecule has 1 aromatic carbocycles. The molecular formula is C21H25N3O3. The number of carboxylic acids is 1. The highest BCUT2D eigenvalue weighted by atomic mass is 16.4. The molecule has 0 bridgehead atoms. The van der Waals surface area contributed by atoms with E-state index in [2.05, 4.69) is 15.6 Å². The van der Waals surface area contributed by atoms with E-state index in [0.717, 1.165) is 16.7 Å². The molecule has 0 radical (unpaired) electrons. The van der Waals surface area contributed by atoms with Crippen LogP contribution in [0.25, 0.3) is 11.1 Å². The molecule has 1 aliphatic rings. The Bertz CT molecular complexity index is 769. The van der Waals surface area contributed by atoms with Crippen molar-refractivity contribution in [2.24, 2.45) is 5.92 Å². The smallest absolute Gasteiger partial charge is 0.315 e. The maximum absolute atomic E-state index is 12.3. The van der Waals surface area contributed by atoms with Crippen molar-refractivity contribution < 1.29 is 14.7 Å². The van der Waals surface area contributed by atoms with Gasteiger partial charge in [0.05, 0.1) is 12.0 Å². The molecule has 0 aliphatic heterocycles. The van der Waals surface area contributed by atoms with E-state index in [-0.39, 0.29) is 24.0 Å². The minimum absolute atomic E-state index is 0.0434. The number of hydrogen-bond donors (Lipinski definition) is 3. The largest absolute Gasteiger partial charge is 0.481 e. The van der Waals surface area contributed by atoms with Gasteiger partial charge in [-0.25, -0.2) is 4.79 Å². The summed E-state index contributed by atoms with van der Waals surface area (Å²) >= 11 is 0. The molecule has 3 rings (SSSR count). The predicted octanol–water partition coefficient (Wildman–Crippen LogP) is 3.75. The lowest BCUT2D eigenvalue weighted by molar-refractivity contribution is -0.142. The Labute approximate surface area is 159 Å². The van der Waals surface area contributed by atoms with Crippen LogP contribution in [0.4, 0.5) is 4.79 Å². The second-order valence-electron chi connectivity index (χ2n) is 7.08. The number of carbonyl (C=O) groups excluding carboxylic acids is 1. The molecule has 6 nitrogen and oxygen atoms in total. The summed E-state index contributed by atoms with van der Waals surface area (Å²) in [5, 5.41) is 15.0. The first-order valence-corrected chi connectivity index (χ1v) is 9.33. The van der Waals surface area contributed by atoms with Crippen molar-refractivity contribution >= 4 is 12.0 Å². The monoisotopic (exact) mass is 367 g/mol. The fourth-order valence-electron chi connectivity index (χ4n) is 3.50. The van der Waals surface area contributed by atoms with Gasteiger partial charge in [0, 0.05) is 18.4 Å². The van der Waals surface area contributed by atoms with Crippen LogP contribution in [-0.4, -0.2) is 28.1 Å². The van der Waals surface area contributed by atoms with Crippen molar-refractivity contribution in [2.45, 2.75) is 44.7 Å². The van der Waals surface area contributed by atoms with Crippen molar-refractivity contribution in [1.82, 2.24) is 15.6 Å². The van der Waals surface area contributed by atoms with E-state index in [0.29, 0.717) is 25.7 Å². The van der Waals surface area contributed by atoms with Crippen LogP contribution in [0.15, 0.2) is 48.8 Å². The van der Waals surface area contributed by atoms with Gasteiger partial charge >= 0.3 is 12.0 Å². The van der Waals surface area contributed by atoms with Crippen LogP contribution in [0, 0.1) is 5.92 Å². The van der Waals surface area contributed by atoms with E-state index >= 15 is 0 Å². The molecule has 1 atom stereocenters. The average Bonchev–Trinajstić information content (AvgIpc) is 2.69. The number of hydrogen-bond acceptors (Lipinski definition) is 3. The van der Waals surface area contributed by atoms with Gasteiger partial charge in [-0.15, -0.1) is 0 Å². The lowest BCUT2D eigenvalue weighted by Crippen LogP contribution is -2.44. The third kappa shape index (κ3) is 5.06. The van der Waals surface area contributed by atoms with Crippen molar-refractivity contribution in [3.05, 3.63) is 54.4 Å². The van der Waals surface area contributed by atoms with E-state index < -0.39 is 5.97 Å². The van der Waals surface area contributed by atoms with E-state index in [9.17, 15) is 9.59 Å². The minimum atomic E-state index is -0.735. The number of aliphatic carboxylic acids is 1. The van der Waals surface area contributed by atoms with Crippen LogP contribution in [0.3, 0.4) is 0 Å². The minimum Gasteiger partial charge on any atom is -0.481 e. The van der Waals surface area contributed by atoms with Gasteiger partial charge in [0.2, 0.25) is 0 Å². The van der Waals surface area contributed by atoms with Crippen LogP contribution in [0.2, 0.25) is 0 Å². The molecule has 27 heavy (non-hydrogen) atoms. The molecule has 1 heterocycles. The summed E-state index contributed by atoms with van der Waals surface area (Å²) in [6, 6.07) is 11.7. The van der Waals surface area contributed by atoms with Crippen molar-refractivity contribution in [3.8, 4) is 11.1 Å². The number of pyridine rings is 1. The van der Waals surface area contributed by atoms with Gasteiger partial charge < -0.3 is 15.7 Å². The Balaban J connectivity index is 1.50. The molecule has 3 N–H and O–H groups in total. The number of amides is 2. The molecule has 1 fully saturated rings. The summed E-state index contributed by atoms with van der Waals surface area (Å²) in [6.45, 7) is 1.95. The predicted molar refractivity (Wildman–Crippen MR) is 103 cm³/mol. The van der Waals surface area contributed by atoms with E-state index in [4.69, 9.17) is 5.11 Å². The molecule has 1 unspecified atom stereocenters. The zero-order chi connectivity index (χ0) is 19.2. The number of nitrogens with one attached hydrogen (secondary N) is 2. The number of benzene rings is 1. The zero-order valence-corrected chi connectivity index (χ0v) is 15.4. The Morgan fingerprint density at radius 2 is 1.59 bits per heavy atom. The van der Waals surface area contributed by atoms with Gasteiger partial charge in [-0.3, -0.25) is 9.78 Å². The van der Waals surface area contributed by atoms with E-state index in [1.165, 1.54) is 0 Å². The first-order chi connectivity index (χ1) is 13.0. The second-order valence-corrected chi connectivity index (χ2v) is 7.08. The summed E-state index contributed by atoms with van der Waals surface area (Å²) in [4.78, 5) is 27.3. The summed E-state index contributed by atoms with van der Waals surface area (Å²) in [5.41, 5.74) is 3.23. The quantitative estimate of drug-likeness (QED) is 0.750. The number of aromatic nitrogens is 1. The Morgan fingerprint density at radius 1 is 1.00 bits per heavy atom. The summed E-state index contributed by atoms with van der Waals surface area (Å²) in [6.07, 6.45) is 6.18. The van der Waals surface area contributed by atoms with Gasteiger partial charge in [0.25, 0.3) is 0 Å². The maximum atomic E-state index is 12.3. The molecule has 6 heteroatoms. The third-order valence-corrected chi connectivity index (χ3v) is 5.18. The van der Waals surface area contributed by atoms with Gasteiger partial charge in [0.1, 0.15) is 0 Å². The standard InChI is InChI=1S/C21H25N3O3/c1-14(15-2-4-16(5-3-15)17-10-12-22-13-11-17)23-21(27)24-19-8-6-18(7-9-19)20(25)26/h2-5,10-14,18-19H,6-9H2,1H3,(H,25,26)(H2,23,24,27). The number of urea groups is 1. The van der Waals surface area contributed by atoms with Crippen LogP contribution >= 0.6 is 0 Å². The molecular weight excluding hydrogens is 342 g/mol. The number of carboxylic acid groups (broad SMARTS) is 1. The topological polar surface area (TPSA) is 91.3 Å². The lowest BCUT2D eigenvalue weighted by Gasteiger charge is -2.27. The maximum Gasteiger partial charge on any atom is 0.315 e. The SMILES string of the molecule is CC(NC(=O)NC1CCC(C(=O)O)CC1)c1ccc(-c2ccncc2)cc1. The molecule has 142 valence electrons. The molecule has 1 aromatic heterocycles. The lowest BCUT2D eigenvalue weighted by atomic mass is 9.86. The Kier molecular flexibility index (Phi) is 6.06. The molecule has 1 aliphatic carbocycles. The van der Waals surface area contributed by atoms with Gasteiger partial charge in [-0.2, -0.15) is 0 Å². The van der Waals surface area contributed by atoms with E-state index in [1.807, 2.05) is 43.3 Å². The van der Waals surface area contributed by atoms with Gasteiger partial charge in [-0.1, -0.05) is 24.3 Å². The number of nitrogens with zero attached hydrogens (tertiary/aromatic N) is 1. The third-order valence-electron chi connectivity index (χ3n) is 5.18. The van der Waals surface area contributed by atoms with Crippen molar-refractivity contribution in [1.29, 1.82) is 0 Å².